The third-order valence-electron chi connectivity index (χ3n) is 12.9. The van der Waals surface area contributed by atoms with Gasteiger partial charge in [-0.15, -0.1) is 5.10 Å². The van der Waals surface area contributed by atoms with Crippen molar-refractivity contribution in [1.82, 2.24) is 40.0 Å². The summed E-state index contributed by atoms with van der Waals surface area (Å²) in [4.78, 5) is 54.1. The molecule has 2 unspecified atom stereocenters. The van der Waals surface area contributed by atoms with Crippen LogP contribution in [0, 0.1) is 0 Å². The number of hydrogen-bond donors (Lipinski definition) is 4. The molecule has 328 valence electrons. The van der Waals surface area contributed by atoms with E-state index in [0.29, 0.717) is 86.5 Å². The highest BCUT2D eigenvalue weighted by Gasteiger charge is 2.48. The van der Waals surface area contributed by atoms with Crippen molar-refractivity contribution in [3.05, 3.63) is 88.8 Å². The number of imide groups is 1. The van der Waals surface area contributed by atoms with Gasteiger partial charge in [0.25, 0.3) is 11.8 Å². The number of piperidine rings is 2. The summed E-state index contributed by atoms with van der Waals surface area (Å²) in [6, 6.07) is 16.4. The van der Waals surface area contributed by atoms with Crippen LogP contribution in [0.15, 0.2) is 67.0 Å². The number of rotatable bonds is 11. The topological polar surface area (TPSA) is 155 Å². The summed E-state index contributed by atoms with van der Waals surface area (Å²) in [5.41, 5.74) is 8.10. The maximum Gasteiger partial charge on any atom is 0.275 e. The smallest absolute Gasteiger partial charge is 0.275 e. The first-order chi connectivity index (χ1) is 30.5. The van der Waals surface area contributed by atoms with Gasteiger partial charge in [-0.3, -0.25) is 34.5 Å². The minimum absolute atomic E-state index is 0.185. The number of amides is 3. The molecule has 4 N–H and O–H groups in total. The molecule has 4 fully saturated rings. The number of aromatic nitrogens is 4. The van der Waals surface area contributed by atoms with Crippen molar-refractivity contribution in [1.29, 1.82) is 0 Å². The Kier molecular flexibility index (Phi) is 10.9. The molecule has 2 aromatic carbocycles. The molecule has 5 aliphatic rings. The first kappa shape index (κ1) is 41.1. The molecule has 3 aromatic heterocycles. The van der Waals surface area contributed by atoms with Crippen LogP contribution in [0.25, 0.3) is 16.9 Å². The molecule has 2 atom stereocenters. The van der Waals surface area contributed by atoms with E-state index in [9.17, 15) is 14.4 Å². The van der Waals surface area contributed by atoms with Gasteiger partial charge in [-0.05, 0) is 73.6 Å². The molecule has 63 heavy (non-hydrogen) atoms. The SMILES string of the molecule is CNc1cc(N2CCc3c(-c4ccc(CN5CCC(N6CCN(c7ccc(NC8CCC(=O)NC8=O)cc7Cl)CC6)C(F)(F)C5)cn4)cccc32)nn2c(C(=O)NC3CC3)cnc12. The Morgan fingerprint density at radius 2 is 1.76 bits per heavy atom. The number of pyridine rings is 1. The van der Waals surface area contributed by atoms with Gasteiger partial charge in [-0.1, -0.05) is 29.8 Å². The van der Waals surface area contributed by atoms with Crippen molar-refractivity contribution >= 4 is 63.5 Å². The predicted octanol–water partition coefficient (Wildman–Crippen LogP) is 5.32. The van der Waals surface area contributed by atoms with Gasteiger partial charge in [-0.25, -0.2) is 18.3 Å². The van der Waals surface area contributed by atoms with Crippen LogP contribution in [0.4, 0.5) is 37.3 Å². The summed E-state index contributed by atoms with van der Waals surface area (Å²) in [5.74, 6) is -3.00. The summed E-state index contributed by atoms with van der Waals surface area (Å²) >= 11 is 6.69. The third-order valence-corrected chi connectivity index (χ3v) is 13.2. The maximum absolute atomic E-state index is 15.9. The number of likely N-dealkylation sites (tertiary alicyclic amines) is 1. The Labute approximate surface area is 368 Å². The number of nitrogens with zero attached hydrogens (tertiary/aromatic N) is 8. The molecule has 1 saturated carbocycles. The number of nitrogens with one attached hydrogen (secondary N) is 4. The molecule has 4 aliphatic heterocycles. The van der Waals surface area contributed by atoms with E-state index in [-0.39, 0.29) is 36.7 Å². The maximum atomic E-state index is 15.9. The summed E-state index contributed by atoms with van der Waals surface area (Å²) < 4.78 is 33.5. The number of halogens is 3. The molecule has 3 amide bonds. The van der Waals surface area contributed by atoms with Crippen LogP contribution in [-0.4, -0.2) is 124 Å². The first-order valence-corrected chi connectivity index (χ1v) is 22.1. The molecule has 3 saturated heterocycles. The lowest BCUT2D eigenvalue weighted by Gasteiger charge is -2.46. The number of piperazine rings is 1. The van der Waals surface area contributed by atoms with Gasteiger partial charge >= 0.3 is 0 Å². The standard InChI is InChI=1S/C45H49ClF2N12O3/c1-49-35-22-40(55-60-38(24-51-42(35)60)44(63)53-28-6-7-28)59-16-13-31-30(3-2-4-36(31)59)33-9-5-27(23-50-33)25-56-15-14-39(45(47,48)26-56)58-19-17-57(18-20-58)37-11-8-29(21-32(37)46)52-34-10-12-41(61)54-43(34)62/h2-5,8-9,11,21-24,28,34,39,49,52H,6-7,10,12-20,25-26H2,1H3,(H,53,63)(H,54,61,62). The van der Waals surface area contributed by atoms with E-state index in [0.717, 1.165) is 58.7 Å². The lowest BCUT2D eigenvalue weighted by Crippen LogP contribution is -2.61. The molecule has 0 radical (unpaired) electrons. The van der Waals surface area contributed by atoms with E-state index in [4.69, 9.17) is 21.7 Å². The van der Waals surface area contributed by atoms with Crippen LogP contribution in [0.3, 0.4) is 0 Å². The second kappa shape index (κ2) is 16.7. The van der Waals surface area contributed by atoms with Gasteiger partial charge in [0, 0.05) is 94.5 Å². The summed E-state index contributed by atoms with van der Waals surface area (Å²) in [5, 5.41) is 17.2. The van der Waals surface area contributed by atoms with Crippen molar-refractivity contribution in [2.24, 2.45) is 0 Å². The molecule has 7 heterocycles. The number of fused-ring (bicyclic) bond motifs is 2. The van der Waals surface area contributed by atoms with Crippen molar-refractivity contribution < 1.29 is 23.2 Å². The van der Waals surface area contributed by atoms with Gasteiger partial charge in [0.15, 0.2) is 17.2 Å². The van der Waals surface area contributed by atoms with Crippen molar-refractivity contribution in [3.63, 3.8) is 0 Å². The van der Waals surface area contributed by atoms with Crippen LogP contribution in [-0.2, 0) is 22.6 Å². The van der Waals surface area contributed by atoms with Gasteiger partial charge < -0.3 is 25.8 Å². The Balaban J connectivity index is 0.755. The molecule has 5 aromatic rings. The summed E-state index contributed by atoms with van der Waals surface area (Å²) in [6.07, 6.45) is 7.16. The molecule has 18 heteroatoms. The van der Waals surface area contributed by atoms with Crippen LogP contribution >= 0.6 is 11.6 Å². The molecular weight excluding hydrogens is 830 g/mol. The quantitative estimate of drug-likeness (QED) is 0.127. The van der Waals surface area contributed by atoms with Gasteiger partial charge in [0.05, 0.1) is 40.9 Å². The fourth-order valence-electron chi connectivity index (χ4n) is 9.50. The van der Waals surface area contributed by atoms with E-state index < -0.39 is 18.0 Å². The van der Waals surface area contributed by atoms with Gasteiger partial charge in [-0.2, -0.15) is 0 Å². The third kappa shape index (κ3) is 8.24. The van der Waals surface area contributed by atoms with E-state index in [1.807, 2.05) is 53.2 Å². The zero-order valence-corrected chi connectivity index (χ0v) is 35.7. The van der Waals surface area contributed by atoms with Gasteiger partial charge in [0.1, 0.15) is 6.04 Å². The number of carbonyl (C=O) groups excluding carboxylic acids is 3. The second-order valence-corrected chi connectivity index (χ2v) is 17.6. The van der Waals surface area contributed by atoms with Gasteiger partial charge in [0.2, 0.25) is 11.8 Å². The Hall–Kier alpha value is -5.91. The number of hydrogen-bond acceptors (Lipinski definition) is 12. The van der Waals surface area contributed by atoms with Crippen LogP contribution in [0.2, 0.25) is 5.02 Å². The zero-order valence-electron chi connectivity index (χ0n) is 34.9. The number of imidazole rings is 1. The van der Waals surface area contributed by atoms with Crippen molar-refractivity contribution in [2.45, 2.75) is 69.1 Å². The molecule has 1 aliphatic carbocycles. The minimum atomic E-state index is -2.89. The lowest BCUT2D eigenvalue weighted by atomic mass is 9.97. The molecule has 0 bridgehead atoms. The monoisotopic (exact) mass is 878 g/mol. The Morgan fingerprint density at radius 3 is 2.49 bits per heavy atom. The minimum Gasteiger partial charge on any atom is -0.385 e. The second-order valence-electron chi connectivity index (χ2n) is 17.2. The highest BCUT2D eigenvalue weighted by molar-refractivity contribution is 6.33. The van der Waals surface area contributed by atoms with E-state index >= 15 is 8.78 Å². The highest BCUT2D eigenvalue weighted by atomic mass is 35.5. The molecule has 10 rings (SSSR count). The fraction of sp³-hybridized carbons (Fsp3) is 0.422. The Bertz CT molecular complexity index is 2580. The average molecular weight is 879 g/mol. The fourth-order valence-corrected chi connectivity index (χ4v) is 9.80. The number of anilines is 5. The van der Waals surface area contributed by atoms with Crippen LogP contribution in [0.1, 0.15) is 53.7 Å². The van der Waals surface area contributed by atoms with Crippen molar-refractivity contribution in [3.8, 4) is 11.3 Å². The van der Waals surface area contributed by atoms with E-state index in [1.165, 1.54) is 0 Å². The predicted molar refractivity (Wildman–Crippen MR) is 237 cm³/mol. The average Bonchev–Trinajstić information content (AvgIpc) is 3.80. The van der Waals surface area contributed by atoms with Crippen LogP contribution in [0.5, 0.6) is 0 Å². The first-order valence-electron chi connectivity index (χ1n) is 21.7. The Morgan fingerprint density at radius 1 is 0.921 bits per heavy atom. The summed E-state index contributed by atoms with van der Waals surface area (Å²) in [7, 11) is 1.83. The number of benzene rings is 2. The number of carbonyl (C=O) groups is 3. The summed E-state index contributed by atoms with van der Waals surface area (Å²) in [6.45, 7) is 3.42. The normalized spacial score (nSPS) is 21.7. The number of alkyl halides is 2. The molecular formula is C45H49ClF2N12O3. The largest absolute Gasteiger partial charge is 0.385 e. The molecule has 0 spiro atoms. The van der Waals surface area contributed by atoms with Crippen molar-refractivity contribution in [2.75, 3.05) is 73.3 Å². The van der Waals surface area contributed by atoms with Crippen LogP contribution < -0.4 is 31.1 Å². The highest BCUT2D eigenvalue weighted by Crippen LogP contribution is 2.40. The van der Waals surface area contributed by atoms with E-state index in [1.54, 1.807) is 23.0 Å². The molecule has 15 nitrogen and oxygen atoms in total. The zero-order chi connectivity index (χ0) is 43.4. The van der Waals surface area contributed by atoms with E-state index in [2.05, 4.69) is 48.2 Å². The lowest BCUT2D eigenvalue weighted by molar-refractivity contribution is -0.133.